The van der Waals surface area contributed by atoms with Crippen molar-refractivity contribution in [3.05, 3.63) is 0 Å². The van der Waals surface area contributed by atoms with E-state index < -0.39 is 0 Å². The van der Waals surface area contributed by atoms with Gasteiger partial charge in [-0.05, 0) is 18.8 Å². The number of aliphatic hydroxyl groups excluding tert-OH is 1. The maximum atomic E-state index is 8.88. The molecule has 2 rings (SSSR count). The molecule has 0 aromatic carbocycles. The van der Waals surface area contributed by atoms with Crippen molar-refractivity contribution in [3.63, 3.8) is 0 Å². The summed E-state index contributed by atoms with van der Waals surface area (Å²) in [5, 5.41) is 8.88. The van der Waals surface area contributed by atoms with E-state index in [0.29, 0.717) is 0 Å². The fraction of sp³-hybridized carbons (Fsp3) is 1.00. The number of hydrogen-bond acceptors (Lipinski definition) is 4. The van der Waals surface area contributed by atoms with E-state index in [9.17, 15) is 0 Å². The standard InChI is InChI=1S/C11H23N3O/c12-11(9-15)8-14-5-3-13(4-6-14)7-10-1-2-10/h10-11,15H,1-9,12H2. The van der Waals surface area contributed by atoms with Crippen LogP contribution in [0.25, 0.3) is 0 Å². The lowest BCUT2D eigenvalue weighted by Gasteiger charge is -2.35. The molecule has 88 valence electrons. The lowest BCUT2D eigenvalue weighted by atomic mass is 10.2. The average Bonchev–Trinajstić information content (AvgIpc) is 3.05. The molecule has 4 heteroatoms. The molecule has 15 heavy (non-hydrogen) atoms. The maximum absolute atomic E-state index is 8.88. The molecule has 0 aromatic rings. The van der Waals surface area contributed by atoms with Crippen molar-refractivity contribution < 1.29 is 5.11 Å². The van der Waals surface area contributed by atoms with E-state index in [2.05, 4.69) is 9.80 Å². The highest BCUT2D eigenvalue weighted by atomic mass is 16.3. The minimum absolute atomic E-state index is 0.0695. The number of rotatable bonds is 5. The van der Waals surface area contributed by atoms with Crippen LogP contribution in [0.4, 0.5) is 0 Å². The number of aliphatic hydroxyl groups is 1. The summed E-state index contributed by atoms with van der Waals surface area (Å²) < 4.78 is 0. The average molecular weight is 213 g/mol. The molecular formula is C11H23N3O. The molecule has 2 fully saturated rings. The van der Waals surface area contributed by atoms with Gasteiger partial charge >= 0.3 is 0 Å². The number of nitrogens with two attached hydrogens (primary N) is 1. The second-order valence-electron chi connectivity index (χ2n) is 4.99. The highest BCUT2D eigenvalue weighted by molar-refractivity contribution is 4.81. The van der Waals surface area contributed by atoms with Crippen molar-refractivity contribution in [2.75, 3.05) is 45.9 Å². The van der Waals surface area contributed by atoms with Crippen molar-refractivity contribution in [1.82, 2.24) is 9.80 Å². The first-order valence-corrected chi connectivity index (χ1v) is 6.09. The Hall–Kier alpha value is -0.160. The lowest BCUT2D eigenvalue weighted by Crippen LogP contribution is -2.50. The fourth-order valence-corrected chi connectivity index (χ4v) is 2.21. The topological polar surface area (TPSA) is 52.7 Å². The summed E-state index contributed by atoms with van der Waals surface area (Å²) in [5.41, 5.74) is 5.72. The van der Waals surface area contributed by atoms with Crippen molar-refractivity contribution in [1.29, 1.82) is 0 Å². The first-order chi connectivity index (χ1) is 7.28. The quantitative estimate of drug-likeness (QED) is 0.636. The molecule has 1 atom stereocenters. The van der Waals surface area contributed by atoms with Crippen LogP contribution in [0.5, 0.6) is 0 Å². The molecule has 0 radical (unpaired) electrons. The van der Waals surface area contributed by atoms with Gasteiger partial charge < -0.3 is 15.7 Å². The smallest absolute Gasteiger partial charge is 0.0595 e. The summed E-state index contributed by atoms with van der Waals surface area (Å²) >= 11 is 0. The van der Waals surface area contributed by atoms with Gasteiger partial charge in [0.25, 0.3) is 0 Å². The van der Waals surface area contributed by atoms with E-state index in [1.807, 2.05) is 0 Å². The molecule has 0 aromatic heterocycles. The van der Waals surface area contributed by atoms with Crippen LogP contribution < -0.4 is 5.73 Å². The molecule has 1 saturated heterocycles. The summed E-state index contributed by atoms with van der Waals surface area (Å²) in [6.45, 7) is 6.82. The Morgan fingerprint density at radius 3 is 2.27 bits per heavy atom. The summed E-state index contributed by atoms with van der Waals surface area (Å²) in [5.74, 6) is 0.997. The SMILES string of the molecule is NC(CO)CN1CCN(CC2CC2)CC1. The molecule has 2 aliphatic rings. The van der Waals surface area contributed by atoms with Crippen LogP contribution in [0.15, 0.2) is 0 Å². The lowest BCUT2D eigenvalue weighted by molar-refractivity contribution is 0.114. The Morgan fingerprint density at radius 2 is 1.73 bits per heavy atom. The number of piperazine rings is 1. The van der Waals surface area contributed by atoms with Gasteiger partial charge in [0, 0.05) is 45.3 Å². The zero-order valence-electron chi connectivity index (χ0n) is 9.44. The highest BCUT2D eigenvalue weighted by Gasteiger charge is 2.26. The maximum Gasteiger partial charge on any atom is 0.0595 e. The van der Waals surface area contributed by atoms with Crippen LogP contribution in [0.2, 0.25) is 0 Å². The molecule has 3 N–H and O–H groups in total. The van der Waals surface area contributed by atoms with Gasteiger partial charge in [0.15, 0.2) is 0 Å². The van der Waals surface area contributed by atoms with Gasteiger partial charge in [-0.2, -0.15) is 0 Å². The minimum atomic E-state index is -0.0695. The van der Waals surface area contributed by atoms with Crippen molar-refractivity contribution in [2.24, 2.45) is 11.7 Å². The second kappa shape index (κ2) is 5.25. The molecule has 1 aliphatic carbocycles. The predicted molar refractivity (Wildman–Crippen MR) is 60.7 cm³/mol. The monoisotopic (exact) mass is 213 g/mol. The van der Waals surface area contributed by atoms with Gasteiger partial charge in [-0.15, -0.1) is 0 Å². The van der Waals surface area contributed by atoms with E-state index in [0.717, 1.165) is 25.6 Å². The molecule has 1 unspecified atom stereocenters. The van der Waals surface area contributed by atoms with Crippen LogP contribution in [-0.4, -0.2) is 66.8 Å². The molecule has 1 heterocycles. The number of nitrogens with zero attached hydrogens (tertiary/aromatic N) is 2. The van der Waals surface area contributed by atoms with Gasteiger partial charge in [0.1, 0.15) is 0 Å². The molecule has 0 amide bonds. The molecule has 4 nitrogen and oxygen atoms in total. The predicted octanol–water partition coefficient (Wildman–Crippen LogP) is -0.666. The first-order valence-electron chi connectivity index (χ1n) is 6.09. The third kappa shape index (κ3) is 3.72. The summed E-state index contributed by atoms with van der Waals surface area (Å²) in [7, 11) is 0. The minimum Gasteiger partial charge on any atom is -0.395 e. The van der Waals surface area contributed by atoms with E-state index in [1.54, 1.807) is 0 Å². The first kappa shape index (κ1) is 11.3. The zero-order chi connectivity index (χ0) is 10.7. The normalized spacial score (nSPS) is 26.8. The summed E-state index contributed by atoms with van der Waals surface area (Å²) in [6.07, 6.45) is 2.88. The largest absolute Gasteiger partial charge is 0.395 e. The Labute approximate surface area is 92.0 Å². The highest BCUT2D eigenvalue weighted by Crippen LogP contribution is 2.29. The van der Waals surface area contributed by atoms with Crippen LogP contribution in [0, 0.1) is 5.92 Å². The van der Waals surface area contributed by atoms with E-state index in [1.165, 1.54) is 32.5 Å². The van der Waals surface area contributed by atoms with E-state index in [4.69, 9.17) is 10.8 Å². The third-order valence-electron chi connectivity index (χ3n) is 3.41. The Bertz CT molecular complexity index is 188. The molecular weight excluding hydrogens is 190 g/mol. The summed E-state index contributed by atoms with van der Waals surface area (Å²) in [4.78, 5) is 4.93. The fourth-order valence-electron chi connectivity index (χ4n) is 2.21. The third-order valence-corrected chi connectivity index (χ3v) is 3.41. The van der Waals surface area contributed by atoms with Crippen LogP contribution in [-0.2, 0) is 0 Å². The number of hydrogen-bond donors (Lipinski definition) is 2. The summed E-state index contributed by atoms with van der Waals surface area (Å²) in [6, 6.07) is -0.0695. The Kier molecular flexibility index (Phi) is 3.97. The van der Waals surface area contributed by atoms with Gasteiger partial charge in [0.05, 0.1) is 6.61 Å². The van der Waals surface area contributed by atoms with Gasteiger partial charge in [-0.3, -0.25) is 4.90 Å². The molecule has 0 spiro atoms. The Morgan fingerprint density at radius 1 is 1.13 bits per heavy atom. The molecule has 1 aliphatic heterocycles. The van der Waals surface area contributed by atoms with Crippen LogP contribution >= 0.6 is 0 Å². The van der Waals surface area contributed by atoms with Crippen molar-refractivity contribution >= 4 is 0 Å². The van der Waals surface area contributed by atoms with Gasteiger partial charge in [-0.1, -0.05) is 0 Å². The van der Waals surface area contributed by atoms with Crippen LogP contribution in [0.1, 0.15) is 12.8 Å². The van der Waals surface area contributed by atoms with Crippen LogP contribution in [0.3, 0.4) is 0 Å². The second-order valence-corrected chi connectivity index (χ2v) is 4.99. The van der Waals surface area contributed by atoms with Crippen molar-refractivity contribution in [2.45, 2.75) is 18.9 Å². The van der Waals surface area contributed by atoms with E-state index in [-0.39, 0.29) is 12.6 Å². The van der Waals surface area contributed by atoms with Gasteiger partial charge in [0.2, 0.25) is 0 Å². The van der Waals surface area contributed by atoms with Gasteiger partial charge in [-0.25, -0.2) is 0 Å². The van der Waals surface area contributed by atoms with Crippen molar-refractivity contribution in [3.8, 4) is 0 Å². The Balaban J connectivity index is 1.62. The molecule has 1 saturated carbocycles. The zero-order valence-corrected chi connectivity index (χ0v) is 9.44. The molecule has 0 bridgehead atoms. The van der Waals surface area contributed by atoms with E-state index >= 15 is 0 Å².